The molecule has 1 aromatic heterocycles. The zero-order valence-electron chi connectivity index (χ0n) is 7.50. The van der Waals surface area contributed by atoms with Crippen molar-refractivity contribution in [1.29, 1.82) is 0 Å². The fraction of sp³-hybridized carbons (Fsp3) is 0.375. The van der Waals surface area contributed by atoms with Crippen LogP contribution in [0.2, 0.25) is 0 Å². The molecule has 1 aromatic rings. The first-order valence-electron chi connectivity index (χ1n) is 3.97. The number of amides is 1. The van der Waals surface area contributed by atoms with Crippen molar-refractivity contribution in [2.24, 2.45) is 0 Å². The Kier molecular flexibility index (Phi) is 4.46. The lowest BCUT2D eigenvalue weighted by atomic mass is 10.4. The molecular weight excluding hydrogens is 247 g/mol. The van der Waals surface area contributed by atoms with Gasteiger partial charge in [-0.05, 0) is 23.2 Å². The molecule has 1 amide bonds. The van der Waals surface area contributed by atoms with Crippen LogP contribution in [0.25, 0.3) is 0 Å². The molecule has 84 valence electrons. The minimum Gasteiger partial charge on any atom is -0.350 e. The van der Waals surface area contributed by atoms with Gasteiger partial charge < -0.3 is 5.32 Å². The van der Waals surface area contributed by atoms with Crippen LogP contribution in [-0.4, -0.2) is 17.2 Å². The maximum atomic E-state index is 11.7. The Labute approximate surface area is 92.9 Å². The highest BCUT2D eigenvalue weighted by Crippen LogP contribution is 2.29. The monoisotopic (exact) mass is 255 g/mol. The van der Waals surface area contributed by atoms with Gasteiger partial charge in [-0.25, -0.2) is 0 Å². The van der Waals surface area contributed by atoms with E-state index < -0.39 is 17.2 Å². The first-order valence-corrected chi connectivity index (χ1v) is 5.83. The molecule has 7 heteroatoms. The number of rotatable bonds is 4. The number of thioether (sulfide) groups is 1. The lowest BCUT2D eigenvalue weighted by Crippen LogP contribution is -2.25. The maximum Gasteiger partial charge on any atom is 0.442 e. The largest absolute Gasteiger partial charge is 0.442 e. The van der Waals surface area contributed by atoms with Crippen molar-refractivity contribution in [1.82, 2.24) is 5.32 Å². The SMILES string of the molecule is O=C(CSC(F)(F)F)NCc1cccs1. The van der Waals surface area contributed by atoms with E-state index in [9.17, 15) is 18.0 Å². The van der Waals surface area contributed by atoms with E-state index >= 15 is 0 Å². The van der Waals surface area contributed by atoms with Crippen LogP contribution >= 0.6 is 23.1 Å². The fourth-order valence-electron chi connectivity index (χ4n) is 0.797. The van der Waals surface area contributed by atoms with Crippen LogP contribution < -0.4 is 5.32 Å². The molecule has 0 saturated carbocycles. The number of hydrogen-bond donors (Lipinski definition) is 1. The number of thiophene rings is 1. The van der Waals surface area contributed by atoms with Gasteiger partial charge in [0.05, 0.1) is 12.3 Å². The van der Waals surface area contributed by atoms with Crippen LogP contribution in [0.15, 0.2) is 17.5 Å². The van der Waals surface area contributed by atoms with E-state index in [0.29, 0.717) is 0 Å². The third-order valence-electron chi connectivity index (χ3n) is 1.41. The molecular formula is C8H8F3NOS2. The zero-order chi connectivity index (χ0) is 11.3. The molecule has 1 N–H and O–H groups in total. The van der Waals surface area contributed by atoms with E-state index in [2.05, 4.69) is 5.32 Å². The van der Waals surface area contributed by atoms with Gasteiger partial charge in [0.25, 0.3) is 0 Å². The van der Waals surface area contributed by atoms with Crippen LogP contribution in [0.5, 0.6) is 0 Å². The van der Waals surface area contributed by atoms with E-state index in [1.54, 1.807) is 0 Å². The second kappa shape index (κ2) is 5.41. The predicted octanol–water partition coefficient (Wildman–Crippen LogP) is 2.62. The summed E-state index contributed by atoms with van der Waals surface area (Å²) in [5, 5.41) is 4.25. The lowest BCUT2D eigenvalue weighted by molar-refractivity contribution is -0.118. The van der Waals surface area contributed by atoms with Crippen LogP contribution in [-0.2, 0) is 11.3 Å². The van der Waals surface area contributed by atoms with Crippen LogP contribution in [0.4, 0.5) is 13.2 Å². The second-order valence-corrected chi connectivity index (χ2v) is 4.66. The minimum atomic E-state index is -4.35. The van der Waals surface area contributed by atoms with Crippen molar-refractivity contribution < 1.29 is 18.0 Å². The quantitative estimate of drug-likeness (QED) is 0.896. The van der Waals surface area contributed by atoms with Crippen LogP contribution in [0.1, 0.15) is 4.88 Å². The summed E-state index contributed by atoms with van der Waals surface area (Å²) in [6.07, 6.45) is 0. The number of carbonyl (C=O) groups is 1. The Morgan fingerprint density at radius 2 is 2.27 bits per heavy atom. The van der Waals surface area contributed by atoms with E-state index in [4.69, 9.17) is 0 Å². The molecule has 0 aliphatic rings. The highest BCUT2D eigenvalue weighted by molar-refractivity contribution is 8.00. The number of hydrogen-bond acceptors (Lipinski definition) is 3. The minimum absolute atomic E-state index is 0.287. The van der Waals surface area contributed by atoms with Gasteiger partial charge >= 0.3 is 5.51 Å². The highest BCUT2D eigenvalue weighted by atomic mass is 32.2. The summed E-state index contributed by atoms with van der Waals surface area (Å²) in [6, 6.07) is 3.62. The molecule has 0 aliphatic carbocycles. The third-order valence-corrected chi connectivity index (χ3v) is 3.02. The van der Waals surface area contributed by atoms with Gasteiger partial charge in [0.2, 0.25) is 5.91 Å². The number of alkyl halides is 3. The summed E-state index contributed by atoms with van der Waals surface area (Å²) >= 11 is 1.12. The Balaban J connectivity index is 2.20. The molecule has 0 spiro atoms. The smallest absolute Gasteiger partial charge is 0.350 e. The summed E-state index contributed by atoms with van der Waals surface area (Å²) in [5.74, 6) is -1.19. The Hall–Kier alpha value is -0.690. The highest BCUT2D eigenvalue weighted by Gasteiger charge is 2.29. The molecule has 0 radical (unpaired) electrons. The van der Waals surface area contributed by atoms with Gasteiger partial charge in [-0.15, -0.1) is 11.3 Å². The van der Waals surface area contributed by atoms with Crippen LogP contribution in [0.3, 0.4) is 0 Å². The molecule has 0 atom stereocenters. The number of carbonyl (C=O) groups excluding carboxylic acids is 1. The zero-order valence-corrected chi connectivity index (χ0v) is 9.14. The molecule has 1 heterocycles. The van der Waals surface area contributed by atoms with Gasteiger partial charge in [-0.2, -0.15) is 13.2 Å². The molecule has 0 aromatic carbocycles. The first-order chi connectivity index (χ1) is 6.97. The summed E-state index contributed by atoms with van der Waals surface area (Å²) in [6.45, 7) is 0.287. The second-order valence-electron chi connectivity index (χ2n) is 2.59. The van der Waals surface area contributed by atoms with E-state index in [1.165, 1.54) is 11.3 Å². The molecule has 0 aliphatic heterocycles. The van der Waals surface area contributed by atoms with Gasteiger partial charge in [-0.1, -0.05) is 6.07 Å². The van der Waals surface area contributed by atoms with Gasteiger partial charge in [-0.3, -0.25) is 4.79 Å². The topological polar surface area (TPSA) is 29.1 Å². The summed E-state index contributed by atoms with van der Waals surface area (Å²) in [7, 11) is 0. The molecule has 2 nitrogen and oxygen atoms in total. The Morgan fingerprint density at radius 1 is 1.53 bits per heavy atom. The fourth-order valence-corrected chi connectivity index (χ4v) is 1.84. The third kappa shape index (κ3) is 5.68. The maximum absolute atomic E-state index is 11.7. The Morgan fingerprint density at radius 3 is 2.80 bits per heavy atom. The first kappa shape index (κ1) is 12.4. The van der Waals surface area contributed by atoms with Crippen molar-refractivity contribution >= 4 is 29.0 Å². The number of halogens is 3. The van der Waals surface area contributed by atoms with Gasteiger partial charge in [0, 0.05) is 4.88 Å². The number of nitrogens with one attached hydrogen (secondary N) is 1. The van der Waals surface area contributed by atoms with Gasteiger partial charge in [0.15, 0.2) is 0 Å². The predicted molar refractivity (Wildman–Crippen MR) is 54.7 cm³/mol. The molecule has 0 fully saturated rings. The molecule has 1 rings (SSSR count). The summed E-state index contributed by atoms with van der Waals surface area (Å²) in [4.78, 5) is 11.9. The normalized spacial score (nSPS) is 11.4. The standard InChI is InChI=1S/C8H8F3NOS2/c9-8(10,11)15-5-7(13)12-4-6-2-1-3-14-6/h1-3H,4-5H2,(H,12,13). The van der Waals surface area contributed by atoms with E-state index in [0.717, 1.165) is 4.88 Å². The van der Waals surface area contributed by atoms with E-state index in [1.807, 2.05) is 17.5 Å². The van der Waals surface area contributed by atoms with Crippen LogP contribution in [0, 0.1) is 0 Å². The molecule has 0 unspecified atom stereocenters. The van der Waals surface area contributed by atoms with Crippen molar-refractivity contribution in [3.63, 3.8) is 0 Å². The lowest BCUT2D eigenvalue weighted by Gasteiger charge is -2.05. The van der Waals surface area contributed by atoms with Gasteiger partial charge in [0.1, 0.15) is 0 Å². The Bertz CT molecular complexity index is 310. The summed E-state index contributed by atoms with van der Waals surface area (Å²) in [5.41, 5.74) is -4.35. The average Bonchev–Trinajstić information content (AvgIpc) is 2.62. The molecule has 0 bridgehead atoms. The van der Waals surface area contributed by atoms with Crippen molar-refractivity contribution in [2.45, 2.75) is 12.1 Å². The average molecular weight is 255 g/mol. The summed E-state index contributed by atoms with van der Waals surface area (Å²) < 4.78 is 35.1. The van der Waals surface area contributed by atoms with Crippen molar-refractivity contribution in [3.05, 3.63) is 22.4 Å². The molecule has 0 saturated heterocycles. The van der Waals surface area contributed by atoms with Crippen molar-refractivity contribution in [3.8, 4) is 0 Å². The van der Waals surface area contributed by atoms with Crippen molar-refractivity contribution in [2.75, 3.05) is 5.75 Å². The van der Waals surface area contributed by atoms with E-state index in [-0.39, 0.29) is 18.3 Å². The molecule has 15 heavy (non-hydrogen) atoms.